The zero-order valence-electron chi connectivity index (χ0n) is 10.6. The second-order valence-electron chi connectivity index (χ2n) is 4.00. The van der Waals surface area contributed by atoms with Crippen molar-refractivity contribution in [3.8, 4) is 0 Å². The molecule has 0 radical (unpaired) electrons. The highest BCUT2D eigenvalue weighted by atomic mass is 32.2. The molecule has 104 valence electrons. The fourth-order valence-electron chi connectivity index (χ4n) is 1.41. The van der Waals surface area contributed by atoms with E-state index in [0.29, 0.717) is 30.1 Å². The number of rotatable bonds is 9. The highest BCUT2D eigenvalue weighted by Crippen LogP contribution is 2.21. The molecule has 1 rings (SSSR count). The van der Waals surface area contributed by atoms with Crippen molar-refractivity contribution in [1.29, 1.82) is 0 Å². The van der Waals surface area contributed by atoms with Crippen molar-refractivity contribution in [2.75, 3.05) is 12.0 Å². The van der Waals surface area contributed by atoms with Gasteiger partial charge in [-0.3, -0.25) is 0 Å². The molecule has 0 spiro atoms. The first-order valence-electron chi connectivity index (χ1n) is 5.81. The molecule has 1 aromatic rings. The smallest absolute Gasteiger partial charge is 0.284 e. The Kier molecular flexibility index (Phi) is 7.77. The lowest BCUT2D eigenvalue weighted by Gasteiger charge is -2.11. The van der Waals surface area contributed by atoms with E-state index in [9.17, 15) is 8.78 Å². The third-order valence-electron chi connectivity index (χ3n) is 2.45. The molecular weight excluding hydrogens is 276 g/mol. The third-order valence-corrected chi connectivity index (χ3v) is 3.80. The summed E-state index contributed by atoms with van der Waals surface area (Å²) in [6.07, 6.45) is 3.20. The van der Waals surface area contributed by atoms with Gasteiger partial charge in [0.2, 0.25) is 0 Å². The average molecular weight is 295 g/mol. The summed E-state index contributed by atoms with van der Waals surface area (Å²) < 4.78 is 29.5. The molecule has 1 aromatic heterocycles. The molecule has 0 amide bonds. The van der Waals surface area contributed by atoms with Gasteiger partial charge < -0.3 is 9.73 Å². The number of thioether (sulfide) groups is 2. The first kappa shape index (κ1) is 15.9. The van der Waals surface area contributed by atoms with Crippen LogP contribution in [-0.4, -0.2) is 23.8 Å². The number of hydrogen-bond donors (Lipinski definition) is 1. The van der Waals surface area contributed by atoms with Crippen LogP contribution in [0.25, 0.3) is 0 Å². The molecule has 0 aliphatic carbocycles. The summed E-state index contributed by atoms with van der Waals surface area (Å²) in [5.74, 6) is 0.412. The van der Waals surface area contributed by atoms with Crippen molar-refractivity contribution in [2.24, 2.45) is 0 Å². The van der Waals surface area contributed by atoms with Gasteiger partial charge in [-0.25, -0.2) is 0 Å². The van der Waals surface area contributed by atoms with E-state index >= 15 is 0 Å². The minimum atomic E-state index is -2.34. The van der Waals surface area contributed by atoms with E-state index in [-0.39, 0.29) is 5.75 Å². The summed E-state index contributed by atoms with van der Waals surface area (Å²) in [5, 5.41) is 3.35. The lowest BCUT2D eigenvalue weighted by atomic mass is 10.2. The van der Waals surface area contributed by atoms with Crippen molar-refractivity contribution < 1.29 is 13.2 Å². The number of furan rings is 1. The van der Waals surface area contributed by atoms with Crippen LogP contribution in [0.5, 0.6) is 0 Å². The van der Waals surface area contributed by atoms with Crippen LogP contribution in [0.4, 0.5) is 8.78 Å². The van der Waals surface area contributed by atoms with Gasteiger partial charge in [0.05, 0.1) is 12.3 Å². The summed E-state index contributed by atoms with van der Waals surface area (Å²) in [6.45, 7) is 2.78. The molecule has 1 atom stereocenters. The van der Waals surface area contributed by atoms with Gasteiger partial charge in [-0.1, -0.05) is 11.8 Å². The van der Waals surface area contributed by atoms with Gasteiger partial charge >= 0.3 is 0 Å². The molecule has 6 heteroatoms. The molecule has 0 saturated carbocycles. The van der Waals surface area contributed by atoms with Gasteiger partial charge in [0.25, 0.3) is 5.76 Å². The number of nitrogens with one attached hydrogen (secondary N) is 1. The largest absolute Gasteiger partial charge is 0.464 e. The van der Waals surface area contributed by atoms with Gasteiger partial charge in [-0.15, -0.1) is 0 Å². The summed E-state index contributed by atoms with van der Waals surface area (Å²) in [4.78, 5) is 0. The molecule has 0 fully saturated rings. The van der Waals surface area contributed by atoms with Crippen LogP contribution in [0.3, 0.4) is 0 Å². The van der Waals surface area contributed by atoms with E-state index in [2.05, 4.69) is 18.5 Å². The monoisotopic (exact) mass is 295 g/mol. The Hall–Kier alpha value is -0.200. The topological polar surface area (TPSA) is 25.2 Å². The van der Waals surface area contributed by atoms with Crippen LogP contribution in [-0.2, 0) is 12.3 Å². The number of alkyl halides is 2. The van der Waals surface area contributed by atoms with Gasteiger partial charge in [-0.05, 0) is 37.5 Å². The lowest BCUT2D eigenvalue weighted by Crippen LogP contribution is -2.25. The van der Waals surface area contributed by atoms with Crippen LogP contribution in [0.15, 0.2) is 16.5 Å². The quantitative estimate of drug-likeness (QED) is 0.745. The first-order chi connectivity index (χ1) is 8.61. The zero-order valence-corrected chi connectivity index (χ0v) is 12.3. The Bertz CT molecular complexity index is 334. The molecule has 2 nitrogen and oxygen atoms in total. The van der Waals surface area contributed by atoms with Crippen molar-refractivity contribution in [3.63, 3.8) is 0 Å². The predicted octanol–water partition coefficient (Wildman–Crippen LogP) is 3.97. The van der Waals surface area contributed by atoms with Crippen LogP contribution >= 0.6 is 23.5 Å². The van der Waals surface area contributed by atoms with Crippen molar-refractivity contribution >= 4 is 23.5 Å². The van der Waals surface area contributed by atoms with Crippen LogP contribution in [0, 0.1) is 0 Å². The van der Waals surface area contributed by atoms with Crippen LogP contribution in [0.2, 0.25) is 0 Å². The standard InChI is InChI=1S/C12H19F2NOS2/c1-9(5-6-17-2)15-7-10-3-4-11(16-10)8-18-12(13)14/h3-4,9,12,15H,5-8H2,1-2H3. The van der Waals surface area contributed by atoms with Crippen LogP contribution < -0.4 is 5.32 Å². The molecule has 0 saturated heterocycles. The normalized spacial score (nSPS) is 13.2. The fraction of sp³-hybridized carbons (Fsp3) is 0.667. The molecule has 1 unspecified atom stereocenters. The number of halogens is 2. The minimum absolute atomic E-state index is 0.222. The fourth-order valence-corrected chi connectivity index (χ4v) is 2.45. The molecular formula is C12H19F2NOS2. The predicted molar refractivity (Wildman–Crippen MR) is 75.3 cm³/mol. The summed E-state index contributed by atoms with van der Waals surface area (Å²) >= 11 is 2.41. The third kappa shape index (κ3) is 6.66. The molecule has 0 bridgehead atoms. The zero-order chi connectivity index (χ0) is 13.4. The molecule has 18 heavy (non-hydrogen) atoms. The van der Waals surface area contributed by atoms with E-state index in [1.165, 1.54) is 0 Å². The van der Waals surface area contributed by atoms with Crippen molar-refractivity contribution in [2.45, 2.75) is 37.4 Å². The Morgan fingerprint density at radius 2 is 2.06 bits per heavy atom. The minimum Gasteiger partial charge on any atom is -0.464 e. The molecule has 0 aliphatic heterocycles. The maximum absolute atomic E-state index is 12.0. The Morgan fingerprint density at radius 1 is 1.33 bits per heavy atom. The lowest BCUT2D eigenvalue weighted by molar-refractivity contribution is 0.251. The average Bonchev–Trinajstić information content (AvgIpc) is 2.79. The highest BCUT2D eigenvalue weighted by Gasteiger charge is 2.08. The Labute approximate surface area is 115 Å². The van der Waals surface area contributed by atoms with E-state index in [0.717, 1.165) is 17.9 Å². The Morgan fingerprint density at radius 3 is 2.72 bits per heavy atom. The highest BCUT2D eigenvalue weighted by molar-refractivity contribution is 7.98. The van der Waals surface area contributed by atoms with Gasteiger partial charge in [0.1, 0.15) is 11.5 Å². The van der Waals surface area contributed by atoms with E-state index < -0.39 is 5.76 Å². The van der Waals surface area contributed by atoms with Crippen molar-refractivity contribution in [3.05, 3.63) is 23.7 Å². The summed E-state index contributed by atoms with van der Waals surface area (Å²) in [7, 11) is 0. The molecule has 0 aliphatic rings. The SMILES string of the molecule is CSCCC(C)NCc1ccc(CSC(F)F)o1. The second kappa shape index (κ2) is 8.82. The van der Waals surface area contributed by atoms with Gasteiger partial charge in [-0.2, -0.15) is 20.5 Å². The van der Waals surface area contributed by atoms with Crippen LogP contribution in [0.1, 0.15) is 24.9 Å². The second-order valence-corrected chi connectivity index (χ2v) is 5.97. The first-order valence-corrected chi connectivity index (χ1v) is 8.25. The molecule has 1 N–H and O–H groups in total. The van der Waals surface area contributed by atoms with E-state index in [4.69, 9.17) is 4.42 Å². The van der Waals surface area contributed by atoms with E-state index in [1.54, 1.807) is 6.07 Å². The Balaban J connectivity index is 2.26. The maximum atomic E-state index is 12.0. The summed E-state index contributed by atoms with van der Waals surface area (Å²) in [6, 6.07) is 4.04. The van der Waals surface area contributed by atoms with Gasteiger partial charge in [0.15, 0.2) is 0 Å². The van der Waals surface area contributed by atoms with Crippen molar-refractivity contribution in [1.82, 2.24) is 5.32 Å². The maximum Gasteiger partial charge on any atom is 0.284 e. The summed E-state index contributed by atoms with van der Waals surface area (Å²) in [5.41, 5.74) is 0. The number of hydrogen-bond acceptors (Lipinski definition) is 4. The molecule has 1 heterocycles. The van der Waals surface area contributed by atoms with E-state index in [1.807, 2.05) is 17.8 Å². The molecule has 0 aromatic carbocycles. The van der Waals surface area contributed by atoms with Gasteiger partial charge in [0, 0.05) is 6.04 Å².